The molecule has 0 bridgehead atoms. The first-order valence-corrected chi connectivity index (χ1v) is 19.1. The lowest BCUT2D eigenvalue weighted by Gasteiger charge is -2.38. The minimum Gasteiger partial charge on any atom is -0.489 e. The third kappa shape index (κ3) is 8.88. The van der Waals surface area contributed by atoms with E-state index < -0.39 is 36.1 Å². The number of benzene rings is 2. The van der Waals surface area contributed by atoms with Crippen molar-refractivity contribution >= 4 is 43.0 Å². The average Bonchev–Trinajstić information content (AvgIpc) is 3.51. The second kappa shape index (κ2) is 15.9. The van der Waals surface area contributed by atoms with Gasteiger partial charge in [-0.25, -0.2) is 9.59 Å². The molecule has 4 rings (SSSR count). The number of carbonyl (C=O) groups excluding carboxylic acids is 2. The fourth-order valence-electron chi connectivity index (χ4n) is 5.44. The standard InChI is InChI=1S/C33H45N5O11Si/c1-33(2,3)50(6,7)49-24-10-13-36(18-24)23-19-47-27-16-21(31(39)45-4)14-25(37(41)42)29(27)34-11-8-9-12-35-30-26(38(43)44)15-22(32(40)46-5)17-28(30)48-20-23/h8-9,14-17,23-24,34-35H,10-13,18-20H2,1-7H3/b9-8+/t24-/m0/s1. The molecular formula is C33H45N5O11Si. The summed E-state index contributed by atoms with van der Waals surface area (Å²) in [7, 11) is 0.251. The third-order valence-corrected chi connectivity index (χ3v) is 13.7. The predicted molar refractivity (Wildman–Crippen MR) is 188 cm³/mol. The van der Waals surface area contributed by atoms with Crippen LogP contribution < -0.4 is 20.1 Å². The lowest BCUT2D eigenvalue weighted by Crippen LogP contribution is -2.46. The molecule has 2 N–H and O–H groups in total. The molecule has 272 valence electrons. The zero-order chi connectivity index (χ0) is 36.8. The summed E-state index contributed by atoms with van der Waals surface area (Å²) in [5.74, 6) is -1.43. The molecule has 2 aliphatic heterocycles. The molecule has 1 fully saturated rings. The lowest BCUT2D eigenvalue weighted by atomic mass is 10.1. The Morgan fingerprint density at radius 2 is 1.32 bits per heavy atom. The van der Waals surface area contributed by atoms with Gasteiger partial charge in [0.2, 0.25) is 0 Å². The van der Waals surface area contributed by atoms with E-state index in [0.29, 0.717) is 13.1 Å². The van der Waals surface area contributed by atoms with Crippen molar-refractivity contribution in [3.8, 4) is 11.5 Å². The first-order chi connectivity index (χ1) is 23.6. The molecule has 0 aliphatic carbocycles. The number of likely N-dealkylation sites (tertiary alicyclic amines) is 1. The van der Waals surface area contributed by atoms with Gasteiger partial charge in [-0.15, -0.1) is 0 Å². The Morgan fingerprint density at radius 1 is 0.860 bits per heavy atom. The van der Waals surface area contributed by atoms with Crippen LogP contribution in [0.15, 0.2) is 36.4 Å². The van der Waals surface area contributed by atoms with E-state index in [2.05, 4.69) is 49.4 Å². The van der Waals surface area contributed by atoms with E-state index in [1.54, 1.807) is 12.2 Å². The molecule has 2 aromatic rings. The number of hydrogen-bond donors (Lipinski definition) is 2. The largest absolute Gasteiger partial charge is 0.489 e. The molecule has 0 amide bonds. The van der Waals surface area contributed by atoms with Crippen LogP contribution in [0.2, 0.25) is 18.1 Å². The number of carbonyl (C=O) groups is 2. The van der Waals surface area contributed by atoms with E-state index in [-0.39, 0.29) is 82.8 Å². The van der Waals surface area contributed by atoms with Crippen LogP contribution in [0.3, 0.4) is 0 Å². The number of rotatable bonds is 7. The molecule has 2 heterocycles. The van der Waals surface area contributed by atoms with Gasteiger partial charge in [-0.2, -0.15) is 0 Å². The van der Waals surface area contributed by atoms with Crippen molar-refractivity contribution in [2.75, 3.05) is 64.2 Å². The lowest BCUT2D eigenvalue weighted by molar-refractivity contribution is -0.384. The predicted octanol–water partition coefficient (Wildman–Crippen LogP) is 5.39. The van der Waals surface area contributed by atoms with Crippen molar-refractivity contribution in [2.24, 2.45) is 0 Å². The van der Waals surface area contributed by atoms with Crippen LogP contribution >= 0.6 is 0 Å². The summed E-state index contributed by atoms with van der Waals surface area (Å²) in [6.07, 6.45) is 4.00. The maximum Gasteiger partial charge on any atom is 0.338 e. The Balaban J connectivity index is 1.77. The SMILES string of the molecule is COC(=O)c1cc2c(c([N+](=O)[O-])c1)NC/C=C/CNc1c(cc(C(=O)OC)cc1[N+](=O)[O-])OCC(N1CC[C@H](O[Si](C)(C)C(C)(C)C)C1)CO2. The Kier molecular flexibility index (Phi) is 12.1. The smallest absolute Gasteiger partial charge is 0.338 e. The highest BCUT2D eigenvalue weighted by molar-refractivity contribution is 6.74. The molecule has 2 aliphatic rings. The molecular weight excluding hydrogens is 670 g/mol. The monoisotopic (exact) mass is 715 g/mol. The molecule has 17 heteroatoms. The number of nitrogens with one attached hydrogen (secondary N) is 2. The maximum absolute atomic E-state index is 12.5. The summed E-state index contributed by atoms with van der Waals surface area (Å²) in [5.41, 5.74) is -0.756. The summed E-state index contributed by atoms with van der Waals surface area (Å²) in [6.45, 7) is 12.2. The quantitative estimate of drug-likeness (QED) is 0.122. The van der Waals surface area contributed by atoms with Crippen molar-refractivity contribution in [2.45, 2.75) is 57.5 Å². The molecule has 0 spiro atoms. The second-order valence-corrected chi connectivity index (χ2v) is 18.3. The minimum atomic E-state index is -2.11. The van der Waals surface area contributed by atoms with Gasteiger partial charge >= 0.3 is 11.9 Å². The molecule has 50 heavy (non-hydrogen) atoms. The summed E-state index contributed by atoms with van der Waals surface area (Å²) < 4.78 is 29.0. The first-order valence-electron chi connectivity index (χ1n) is 16.2. The Labute approximate surface area is 291 Å². The van der Waals surface area contributed by atoms with Gasteiger partial charge in [0.15, 0.2) is 19.7 Å². The van der Waals surface area contributed by atoms with E-state index in [4.69, 9.17) is 23.4 Å². The van der Waals surface area contributed by atoms with E-state index in [1.165, 1.54) is 26.4 Å². The molecule has 1 saturated heterocycles. The van der Waals surface area contributed by atoms with Crippen molar-refractivity contribution < 1.29 is 42.8 Å². The number of hydrogen-bond acceptors (Lipinski definition) is 14. The number of nitrogens with zero attached hydrogens (tertiary/aromatic N) is 3. The van der Waals surface area contributed by atoms with Crippen molar-refractivity contribution in [3.63, 3.8) is 0 Å². The van der Waals surface area contributed by atoms with E-state index in [9.17, 15) is 29.8 Å². The molecule has 2 aromatic carbocycles. The van der Waals surface area contributed by atoms with Crippen LogP contribution in [0.4, 0.5) is 22.7 Å². The molecule has 16 nitrogen and oxygen atoms in total. The van der Waals surface area contributed by atoms with Crippen LogP contribution in [0.25, 0.3) is 0 Å². The van der Waals surface area contributed by atoms with Crippen molar-refractivity contribution in [1.29, 1.82) is 0 Å². The summed E-state index contributed by atoms with van der Waals surface area (Å²) in [5, 5.41) is 30.4. The number of methoxy groups -OCH3 is 2. The van der Waals surface area contributed by atoms with Gasteiger partial charge < -0.3 is 34.0 Å². The Hall–Kier alpha value is -4.74. The molecule has 0 radical (unpaired) electrons. The number of nitro groups is 2. The summed E-state index contributed by atoms with van der Waals surface area (Å²) >= 11 is 0. The number of nitro benzene ring substituents is 2. The highest BCUT2D eigenvalue weighted by Crippen LogP contribution is 2.40. The van der Waals surface area contributed by atoms with Crippen molar-refractivity contribution in [1.82, 2.24) is 4.90 Å². The van der Waals surface area contributed by atoms with Gasteiger partial charge in [0.05, 0.1) is 47.3 Å². The fraction of sp³-hybridized carbons (Fsp3) is 0.515. The zero-order valence-electron chi connectivity index (χ0n) is 29.4. The van der Waals surface area contributed by atoms with Crippen LogP contribution in [-0.4, -0.2) is 101 Å². The van der Waals surface area contributed by atoms with Crippen LogP contribution in [-0.2, 0) is 13.9 Å². The van der Waals surface area contributed by atoms with Gasteiger partial charge in [0, 0.05) is 38.3 Å². The number of anilines is 2. The number of esters is 2. The fourth-order valence-corrected chi connectivity index (χ4v) is 6.82. The highest BCUT2D eigenvalue weighted by Gasteiger charge is 2.41. The van der Waals surface area contributed by atoms with Crippen molar-refractivity contribution in [3.05, 3.63) is 67.8 Å². The second-order valence-electron chi connectivity index (χ2n) is 13.5. The van der Waals surface area contributed by atoms with Crippen LogP contribution in [0.1, 0.15) is 47.9 Å². The van der Waals surface area contributed by atoms with Gasteiger partial charge in [0.1, 0.15) is 24.7 Å². The highest BCUT2D eigenvalue weighted by atomic mass is 28.4. The van der Waals surface area contributed by atoms with Crippen LogP contribution in [0, 0.1) is 20.2 Å². The zero-order valence-corrected chi connectivity index (χ0v) is 30.4. The minimum absolute atomic E-state index is 0.00383. The summed E-state index contributed by atoms with van der Waals surface area (Å²) in [4.78, 5) is 50.2. The van der Waals surface area contributed by atoms with E-state index >= 15 is 0 Å². The Morgan fingerprint density at radius 3 is 1.72 bits per heavy atom. The number of fused-ring (bicyclic) bond motifs is 2. The number of ether oxygens (including phenoxy) is 4. The molecule has 1 atom stereocenters. The Bertz CT molecular complexity index is 1550. The molecule has 0 unspecified atom stereocenters. The van der Waals surface area contributed by atoms with Gasteiger partial charge in [-0.1, -0.05) is 32.9 Å². The topological polar surface area (TPSA) is 194 Å². The first kappa shape index (κ1) is 38.1. The van der Waals surface area contributed by atoms with Gasteiger partial charge in [-0.05, 0) is 36.7 Å². The molecule has 0 saturated carbocycles. The normalized spacial score (nSPS) is 18.3. The average molecular weight is 716 g/mol. The molecule has 0 aromatic heterocycles. The van der Waals surface area contributed by atoms with Gasteiger partial charge in [0.25, 0.3) is 11.4 Å². The third-order valence-electron chi connectivity index (χ3n) is 9.18. The van der Waals surface area contributed by atoms with Crippen LogP contribution in [0.5, 0.6) is 11.5 Å². The maximum atomic E-state index is 12.5. The van der Waals surface area contributed by atoms with E-state index in [1.807, 2.05) is 0 Å². The summed E-state index contributed by atoms with van der Waals surface area (Å²) in [6, 6.07) is 4.51. The van der Waals surface area contributed by atoms with E-state index in [0.717, 1.165) is 18.6 Å². The van der Waals surface area contributed by atoms with Gasteiger partial charge in [-0.3, -0.25) is 25.1 Å².